The molecular formula is C12H10ClN3O2S. The van der Waals surface area contributed by atoms with Crippen LogP contribution in [0.2, 0.25) is 5.02 Å². The van der Waals surface area contributed by atoms with Gasteiger partial charge in [-0.15, -0.1) is 22.0 Å². The molecule has 0 N–H and O–H groups in total. The van der Waals surface area contributed by atoms with Crippen molar-refractivity contribution in [1.82, 2.24) is 14.8 Å². The third-order valence-corrected chi connectivity index (χ3v) is 3.98. The molecule has 0 radical (unpaired) electrons. The average Bonchev–Trinajstić information content (AvgIpc) is 2.82. The van der Waals surface area contributed by atoms with Crippen molar-refractivity contribution in [1.29, 1.82) is 0 Å². The fourth-order valence-electron chi connectivity index (χ4n) is 1.92. The molecule has 7 heteroatoms. The number of carbonyl (C=O) groups is 1. The van der Waals surface area contributed by atoms with Crippen LogP contribution in [0, 0.1) is 0 Å². The Balaban J connectivity index is 2.13. The molecule has 98 valence electrons. The summed E-state index contributed by atoms with van der Waals surface area (Å²) in [5.41, 5.74) is 0.865. The Kier molecular flexibility index (Phi) is 3.20. The van der Waals surface area contributed by atoms with Gasteiger partial charge in [-0.2, -0.15) is 0 Å². The number of nitrogens with zero attached hydrogens (tertiary/aromatic N) is 3. The highest BCUT2D eigenvalue weighted by Crippen LogP contribution is 2.36. The predicted molar refractivity (Wildman–Crippen MR) is 71.9 cm³/mol. The number of fused-ring (bicyclic) bond motifs is 3. The molecule has 19 heavy (non-hydrogen) atoms. The van der Waals surface area contributed by atoms with Gasteiger partial charge >= 0.3 is 5.97 Å². The molecule has 0 amide bonds. The lowest BCUT2D eigenvalue weighted by atomic mass is 10.3. The zero-order chi connectivity index (χ0) is 13.4. The molecule has 1 aliphatic heterocycles. The van der Waals surface area contributed by atoms with Crippen LogP contribution in [0.4, 0.5) is 0 Å². The zero-order valence-corrected chi connectivity index (χ0v) is 11.7. The van der Waals surface area contributed by atoms with E-state index in [1.807, 2.05) is 12.1 Å². The van der Waals surface area contributed by atoms with Crippen molar-refractivity contribution in [3.05, 3.63) is 34.9 Å². The Morgan fingerprint density at radius 1 is 1.53 bits per heavy atom. The summed E-state index contributed by atoms with van der Waals surface area (Å²) in [6.07, 6.45) is 0. The topological polar surface area (TPSA) is 57.0 Å². The van der Waals surface area contributed by atoms with Gasteiger partial charge in [-0.05, 0) is 25.1 Å². The van der Waals surface area contributed by atoms with E-state index < -0.39 is 5.97 Å². The van der Waals surface area contributed by atoms with Crippen molar-refractivity contribution in [3.8, 4) is 5.69 Å². The van der Waals surface area contributed by atoms with Gasteiger partial charge in [0.1, 0.15) is 5.82 Å². The fourth-order valence-corrected chi connectivity index (χ4v) is 3.15. The Morgan fingerprint density at radius 3 is 3.16 bits per heavy atom. The van der Waals surface area contributed by atoms with E-state index in [1.54, 1.807) is 29.3 Å². The van der Waals surface area contributed by atoms with E-state index >= 15 is 0 Å². The number of hydrogen-bond acceptors (Lipinski definition) is 5. The van der Waals surface area contributed by atoms with Crippen molar-refractivity contribution in [2.45, 2.75) is 17.6 Å². The summed E-state index contributed by atoms with van der Waals surface area (Å²) in [6, 6.07) is 5.52. The first-order valence-electron chi connectivity index (χ1n) is 5.75. The van der Waals surface area contributed by atoms with Crippen LogP contribution in [0.25, 0.3) is 5.69 Å². The minimum atomic E-state index is -0.464. The van der Waals surface area contributed by atoms with Gasteiger partial charge in [-0.3, -0.25) is 4.57 Å². The minimum Gasteiger partial charge on any atom is -0.460 e. The smallest absolute Gasteiger partial charge is 0.376 e. The first-order chi connectivity index (χ1) is 9.20. The number of carbonyl (C=O) groups excluding carboxylic acids is 1. The lowest BCUT2D eigenvalue weighted by Gasteiger charge is -2.18. The number of esters is 1. The van der Waals surface area contributed by atoms with E-state index in [0.717, 1.165) is 16.4 Å². The summed E-state index contributed by atoms with van der Waals surface area (Å²) in [5.74, 6) is 1.14. The van der Waals surface area contributed by atoms with Crippen LogP contribution >= 0.6 is 23.4 Å². The molecule has 1 aromatic heterocycles. The number of hydrogen-bond donors (Lipinski definition) is 0. The summed E-state index contributed by atoms with van der Waals surface area (Å²) in [5, 5.41) is 8.64. The van der Waals surface area contributed by atoms with Gasteiger partial charge in [0, 0.05) is 9.92 Å². The average molecular weight is 296 g/mol. The quantitative estimate of drug-likeness (QED) is 0.797. The molecule has 0 unspecified atom stereocenters. The number of ether oxygens (including phenoxy) is 1. The van der Waals surface area contributed by atoms with E-state index in [0.29, 0.717) is 17.4 Å². The van der Waals surface area contributed by atoms with Gasteiger partial charge in [0.05, 0.1) is 18.0 Å². The maximum absolute atomic E-state index is 11.9. The van der Waals surface area contributed by atoms with E-state index in [4.69, 9.17) is 16.3 Å². The fraction of sp³-hybridized carbons (Fsp3) is 0.250. The molecule has 0 aliphatic carbocycles. The van der Waals surface area contributed by atoms with Gasteiger partial charge in [-0.25, -0.2) is 4.79 Å². The predicted octanol–water partition coefficient (Wildman–Crippen LogP) is 2.70. The number of rotatable bonds is 2. The standard InChI is InChI=1S/C12H10ClN3O2S/c1-2-18-12(17)11-15-14-10-6-19-9-5-7(13)3-4-8(9)16(10)11/h3-5H,2,6H2,1H3. The highest BCUT2D eigenvalue weighted by molar-refractivity contribution is 7.98. The summed E-state index contributed by atoms with van der Waals surface area (Å²) in [7, 11) is 0. The molecular weight excluding hydrogens is 286 g/mol. The van der Waals surface area contributed by atoms with Gasteiger partial charge in [0.15, 0.2) is 0 Å². The maximum atomic E-state index is 11.9. The highest BCUT2D eigenvalue weighted by atomic mass is 35.5. The molecule has 0 atom stereocenters. The first kappa shape index (κ1) is 12.5. The molecule has 0 bridgehead atoms. The number of benzene rings is 1. The number of thioether (sulfide) groups is 1. The summed E-state index contributed by atoms with van der Waals surface area (Å²) in [6.45, 7) is 2.07. The third-order valence-electron chi connectivity index (χ3n) is 2.71. The normalized spacial score (nSPS) is 12.7. The summed E-state index contributed by atoms with van der Waals surface area (Å²) in [4.78, 5) is 12.9. The molecule has 0 saturated carbocycles. The third kappa shape index (κ3) is 2.11. The SMILES string of the molecule is CCOC(=O)c1nnc2n1-c1ccc(Cl)cc1SC2. The molecule has 0 fully saturated rings. The summed E-state index contributed by atoms with van der Waals surface area (Å²) >= 11 is 7.61. The maximum Gasteiger partial charge on any atom is 0.376 e. The van der Waals surface area contributed by atoms with Gasteiger partial charge in [0.25, 0.3) is 0 Å². The monoisotopic (exact) mass is 295 g/mol. The molecule has 0 spiro atoms. The molecule has 2 aromatic rings. The molecule has 1 aliphatic rings. The largest absolute Gasteiger partial charge is 0.460 e. The second-order valence-corrected chi connectivity index (χ2v) is 5.35. The molecule has 5 nitrogen and oxygen atoms in total. The van der Waals surface area contributed by atoms with Crippen LogP contribution < -0.4 is 0 Å². The van der Waals surface area contributed by atoms with Gasteiger partial charge in [0.2, 0.25) is 5.82 Å². The van der Waals surface area contributed by atoms with Crippen molar-refractivity contribution in [3.63, 3.8) is 0 Å². The van der Waals surface area contributed by atoms with Crippen LogP contribution in [0.15, 0.2) is 23.1 Å². The molecule has 0 saturated heterocycles. The van der Waals surface area contributed by atoms with E-state index in [2.05, 4.69) is 10.2 Å². The van der Waals surface area contributed by atoms with E-state index in [9.17, 15) is 4.79 Å². The van der Waals surface area contributed by atoms with Crippen molar-refractivity contribution in [2.75, 3.05) is 6.61 Å². The van der Waals surface area contributed by atoms with Crippen molar-refractivity contribution >= 4 is 29.3 Å². The van der Waals surface area contributed by atoms with Crippen LogP contribution in [0.3, 0.4) is 0 Å². The van der Waals surface area contributed by atoms with E-state index in [-0.39, 0.29) is 5.82 Å². The number of halogens is 1. The molecule has 3 rings (SSSR count). The molecule has 1 aromatic carbocycles. The highest BCUT2D eigenvalue weighted by Gasteiger charge is 2.26. The van der Waals surface area contributed by atoms with Crippen molar-refractivity contribution in [2.24, 2.45) is 0 Å². The van der Waals surface area contributed by atoms with Crippen LogP contribution in [0.1, 0.15) is 23.4 Å². The van der Waals surface area contributed by atoms with Crippen LogP contribution in [-0.2, 0) is 10.5 Å². The lowest BCUT2D eigenvalue weighted by Crippen LogP contribution is -2.16. The minimum absolute atomic E-state index is 0.209. The summed E-state index contributed by atoms with van der Waals surface area (Å²) < 4.78 is 6.73. The lowest BCUT2D eigenvalue weighted by molar-refractivity contribution is 0.0509. The first-order valence-corrected chi connectivity index (χ1v) is 7.11. The van der Waals surface area contributed by atoms with Crippen LogP contribution in [-0.4, -0.2) is 27.3 Å². The Morgan fingerprint density at radius 2 is 2.37 bits per heavy atom. The van der Waals surface area contributed by atoms with Gasteiger partial charge < -0.3 is 4.74 Å². The van der Waals surface area contributed by atoms with Crippen LogP contribution in [0.5, 0.6) is 0 Å². The van der Waals surface area contributed by atoms with Crippen molar-refractivity contribution < 1.29 is 9.53 Å². The zero-order valence-electron chi connectivity index (χ0n) is 10.1. The second-order valence-electron chi connectivity index (χ2n) is 3.90. The number of aromatic nitrogens is 3. The Labute approximate surface area is 118 Å². The van der Waals surface area contributed by atoms with E-state index in [1.165, 1.54) is 0 Å². The second kappa shape index (κ2) is 4.86. The Bertz CT molecular complexity index is 656. The molecule has 2 heterocycles. The van der Waals surface area contributed by atoms with Gasteiger partial charge in [-0.1, -0.05) is 11.6 Å². The Hall–Kier alpha value is -1.53.